The number of hydrogen-bond acceptors (Lipinski definition) is 8. The Kier molecular flexibility index (Phi) is 8.24. The number of nitrogens with two attached hydrogens (primary N) is 1. The molecule has 4 atom stereocenters. The van der Waals surface area contributed by atoms with E-state index in [4.69, 9.17) is 15.2 Å². The van der Waals surface area contributed by atoms with Crippen molar-refractivity contribution in [2.24, 2.45) is 11.7 Å². The molecule has 44 heavy (non-hydrogen) atoms. The van der Waals surface area contributed by atoms with Crippen LogP contribution in [0.2, 0.25) is 0 Å². The summed E-state index contributed by atoms with van der Waals surface area (Å²) >= 11 is 0. The minimum absolute atomic E-state index is 0.0484. The van der Waals surface area contributed by atoms with Crippen molar-refractivity contribution in [2.75, 3.05) is 31.8 Å². The van der Waals surface area contributed by atoms with Crippen molar-refractivity contribution < 1.29 is 31.1 Å². The molecule has 1 aliphatic carbocycles. The highest BCUT2D eigenvalue weighted by molar-refractivity contribution is 7.90. The summed E-state index contributed by atoms with van der Waals surface area (Å²) in [4.78, 5) is 8.88. The predicted octanol–water partition coefficient (Wildman–Crippen LogP) is 4.13. The van der Waals surface area contributed by atoms with E-state index in [0.29, 0.717) is 24.2 Å². The van der Waals surface area contributed by atoms with Gasteiger partial charge in [-0.2, -0.15) is 5.10 Å². The minimum Gasteiger partial charge on any atom is -0.375 e. The third-order valence-electron chi connectivity index (χ3n) is 8.62. The monoisotopic (exact) mass is 629 g/mol. The highest BCUT2D eigenvalue weighted by Gasteiger charge is 2.42. The largest absolute Gasteiger partial charge is 0.375 e. The second-order valence-electron chi connectivity index (χ2n) is 12.0. The fraction of sp³-hybridized carbons (Fsp3) is 0.452. The Morgan fingerprint density at radius 3 is 2.55 bits per heavy atom. The van der Waals surface area contributed by atoms with E-state index in [-0.39, 0.29) is 66.4 Å². The summed E-state index contributed by atoms with van der Waals surface area (Å²) in [7, 11) is -3.13. The Labute approximate surface area is 253 Å². The zero-order chi connectivity index (χ0) is 31.2. The molecule has 9 nitrogen and oxygen atoms in total. The number of imidazole rings is 1. The molecule has 2 aliphatic rings. The first-order chi connectivity index (χ1) is 20.9. The van der Waals surface area contributed by atoms with Crippen LogP contribution in [0.4, 0.5) is 13.2 Å². The molecule has 2 N–H and O–H groups in total. The lowest BCUT2D eigenvalue weighted by atomic mass is 9.73. The fourth-order valence-corrected chi connectivity index (χ4v) is 6.71. The van der Waals surface area contributed by atoms with Crippen molar-refractivity contribution >= 4 is 15.4 Å². The minimum atomic E-state index is -3.13. The summed E-state index contributed by atoms with van der Waals surface area (Å²) in [6, 6.07) is 6.88. The second kappa shape index (κ2) is 11.8. The number of hydrogen-bond donors (Lipinski definition) is 1. The molecule has 3 aromatic heterocycles. The first-order valence-corrected chi connectivity index (χ1v) is 16.6. The molecule has 0 unspecified atom stereocenters. The number of pyridine rings is 1. The van der Waals surface area contributed by atoms with Gasteiger partial charge in [-0.25, -0.2) is 31.1 Å². The number of sulfone groups is 1. The van der Waals surface area contributed by atoms with E-state index in [1.165, 1.54) is 12.3 Å². The van der Waals surface area contributed by atoms with Gasteiger partial charge in [0.1, 0.15) is 27.3 Å². The molecular formula is C31H34F3N5O4S. The highest BCUT2D eigenvalue weighted by atomic mass is 32.2. The van der Waals surface area contributed by atoms with E-state index in [1.807, 2.05) is 6.07 Å². The third-order valence-corrected chi connectivity index (χ3v) is 9.53. The zero-order valence-electron chi connectivity index (χ0n) is 24.4. The van der Waals surface area contributed by atoms with Gasteiger partial charge in [0.05, 0.1) is 54.6 Å². The lowest BCUT2D eigenvalue weighted by Crippen LogP contribution is -2.47. The van der Waals surface area contributed by atoms with Crippen molar-refractivity contribution in [1.82, 2.24) is 19.6 Å². The van der Waals surface area contributed by atoms with E-state index >= 15 is 8.78 Å². The number of aromatic nitrogens is 4. The number of benzene rings is 1. The Morgan fingerprint density at radius 1 is 1.14 bits per heavy atom. The molecular weight excluding hydrogens is 595 g/mol. The molecule has 1 aliphatic heterocycles. The molecule has 4 aromatic rings. The van der Waals surface area contributed by atoms with Gasteiger partial charge in [0.15, 0.2) is 5.67 Å². The molecule has 1 saturated carbocycles. The van der Waals surface area contributed by atoms with Gasteiger partial charge in [-0.1, -0.05) is 6.92 Å². The number of fused-ring (bicyclic) bond motifs is 1. The van der Waals surface area contributed by atoms with Crippen molar-refractivity contribution in [3.63, 3.8) is 0 Å². The van der Waals surface area contributed by atoms with Gasteiger partial charge in [-0.05, 0) is 71.7 Å². The van der Waals surface area contributed by atoms with E-state index in [1.54, 1.807) is 29.2 Å². The van der Waals surface area contributed by atoms with Gasteiger partial charge in [0, 0.05) is 31.1 Å². The molecule has 2 fully saturated rings. The van der Waals surface area contributed by atoms with Crippen molar-refractivity contribution in [1.29, 1.82) is 0 Å². The fourth-order valence-electron chi connectivity index (χ4n) is 6.31. The maximum atomic E-state index is 15.2. The first-order valence-electron chi connectivity index (χ1n) is 14.5. The molecule has 0 bridgehead atoms. The van der Waals surface area contributed by atoms with E-state index < -0.39 is 27.1 Å². The maximum Gasteiger partial charge on any atom is 0.182 e. The van der Waals surface area contributed by atoms with Crippen LogP contribution in [0.5, 0.6) is 0 Å². The summed E-state index contributed by atoms with van der Waals surface area (Å²) in [5, 5.41) is 4.53. The lowest BCUT2D eigenvalue weighted by molar-refractivity contribution is -0.135. The zero-order valence-corrected chi connectivity index (χ0v) is 25.2. The summed E-state index contributed by atoms with van der Waals surface area (Å²) in [5.74, 6) is -1.10. The van der Waals surface area contributed by atoms with Gasteiger partial charge in [-0.3, -0.25) is 4.98 Å². The third kappa shape index (κ3) is 6.10. The molecule has 1 saturated heterocycles. The molecule has 4 heterocycles. The molecule has 0 radical (unpaired) electrons. The average molecular weight is 630 g/mol. The van der Waals surface area contributed by atoms with Crippen LogP contribution < -0.4 is 5.73 Å². The van der Waals surface area contributed by atoms with E-state index in [0.717, 1.165) is 29.7 Å². The van der Waals surface area contributed by atoms with Gasteiger partial charge in [0.2, 0.25) is 0 Å². The lowest BCUT2D eigenvalue weighted by Gasteiger charge is -2.39. The van der Waals surface area contributed by atoms with Crippen LogP contribution in [-0.4, -0.2) is 72.0 Å². The number of ether oxygens (including phenoxy) is 2. The highest BCUT2D eigenvalue weighted by Crippen LogP contribution is 2.39. The maximum absolute atomic E-state index is 15.2. The molecule has 234 valence electrons. The van der Waals surface area contributed by atoms with Crippen LogP contribution in [-0.2, 0) is 31.4 Å². The Hall–Kier alpha value is -3.39. The Bertz CT molecular complexity index is 1760. The van der Waals surface area contributed by atoms with Crippen molar-refractivity contribution in [3.05, 3.63) is 83.1 Å². The second-order valence-corrected chi connectivity index (χ2v) is 14.3. The quantitative estimate of drug-likeness (QED) is 0.294. The van der Waals surface area contributed by atoms with Crippen molar-refractivity contribution in [2.45, 2.75) is 49.9 Å². The van der Waals surface area contributed by atoms with Crippen LogP contribution in [0.15, 0.2) is 48.9 Å². The molecule has 13 heteroatoms. The summed E-state index contributed by atoms with van der Waals surface area (Å²) in [6.07, 6.45) is 7.88. The summed E-state index contributed by atoms with van der Waals surface area (Å²) in [5.41, 5.74) is 6.88. The van der Waals surface area contributed by atoms with Gasteiger partial charge < -0.3 is 15.2 Å². The van der Waals surface area contributed by atoms with Gasteiger partial charge >= 0.3 is 0 Å². The number of rotatable bonds is 9. The average Bonchev–Trinajstić information content (AvgIpc) is 3.34. The number of nitrogens with zero attached hydrogens (tertiary/aromatic N) is 4. The topological polar surface area (TPSA) is 122 Å². The smallest absolute Gasteiger partial charge is 0.182 e. The SMILES string of the molecule is C[C@H]1C[C@@H](c2ccncc2Cc2ncc3ccc(-c4c(F)cc(C5(F)COC5)cc4F)nn23)C[C@@H](N)[C@H]1OCCS(C)(=O)=O. The van der Waals surface area contributed by atoms with Crippen LogP contribution in [0.25, 0.3) is 16.8 Å². The Morgan fingerprint density at radius 2 is 1.89 bits per heavy atom. The summed E-state index contributed by atoms with van der Waals surface area (Å²) < 4.78 is 80.5. The Balaban J connectivity index is 1.24. The van der Waals surface area contributed by atoms with E-state index in [2.05, 4.69) is 22.0 Å². The predicted molar refractivity (Wildman–Crippen MR) is 158 cm³/mol. The summed E-state index contributed by atoms with van der Waals surface area (Å²) in [6.45, 7) is 1.69. The molecule has 0 spiro atoms. The standard InChI is InChI=1S/C31H34F3N5O4S/c1-18-9-19(10-26(35)30(18)43-7-8-44(2,40)41)23-5-6-36-14-20(23)11-28-37-15-22-3-4-27(38-39(22)28)29-24(32)12-21(13-25(29)33)31(34)16-42-17-31/h3-6,12-15,18-19,26,30H,7-11,16-17,35H2,1-2H3/t18-,19+,26+,30-/m0/s1. The van der Waals surface area contributed by atoms with Gasteiger partial charge in [0.25, 0.3) is 0 Å². The van der Waals surface area contributed by atoms with Crippen LogP contribution in [0.3, 0.4) is 0 Å². The van der Waals surface area contributed by atoms with Crippen LogP contribution in [0.1, 0.15) is 48.2 Å². The number of halogens is 3. The van der Waals surface area contributed by atoms with Gasteiger partial charge in [-0.15, -0.1) is 0 Å². The molecule has 6 rings (SSSR count). The van der Waals surface area contributed by atoms with E-state index in [9.17, 15) is 12.8 Å². The molecule has 0 amide bonds. The normalized spacial score (nSPS) is 23.5. The van der Waals surface area contributed by atoms with Crippen LogP contribution in [0, 0.1) is 17.6 Å². The number of alkyl halides is 1. The van der Waals surface area contributed by atoms with Crippen molar-refractivity contribution in [3.8, 4) is 11.3 Å². The molecule has 1 aromatic carbocycles. The first kappa shape index (κ1) is 30.6. The van der Waals surface area contributed by atoms with Crippen LogP contribution >= 0.6 is 0 Å².